The van der Waals surface area contributed by atoms with Crippen LogP contribution in [0.25, 0.3) is 0 Å². The maximum Gasteiger partial charge on any atom is 0.326 e. The third kappa shape index (κ3) is 3.48. The van der Waals surface area contributed by atoms with Crippen LogP contribution in [0, 0.1) is 6.92 Å². The van der Waals surface area contributed by atoms with Crippen LogP contribution in [0.1, 0.15) is 11.1 Å². The summed E-state index contributed by atoms with van der Waals surface area (Å²) in [5.41, 5.74) is 1.77. The molecular formula is C12H15NO4. The number of hydrogen-bond donors (Lipinski definition) is 2. The molecule has 17 heavy (non-hydrogen) atoms. The molecule has 0 heterocycles. The van der Waals surface area contributed by atoms with Gasteiger partial charge in [0.1, 0.15) is 11.8 Å². The van der Waals surface area contributed by atoms with Crippen LogP contribution in [0.5, 0.6) is 5.75 Å². The van der Waals surface area contributed by atoms with Gasteiger partial charge in [-0.25, -0.2) is 4.79 Å². The molecular weight excluding hydrogens is 222 g/mol. The minimum Gasteiger partial charge on any atom is -0.496 e. The molecule has 0 radical (unpaired) electrons. The summed E-state index contributed by atoms with van der Waals surface area (Å²) in [5.74, 6) is -0.449. The van der Waals surface area contributed by atoms with E-state index in [0.29, 0.717) is 12.2 Å². The van der Waals surface area contributed by atoms with E-state index in [9.17, 15) is 9.59 Å². The Bertz CT molecular complexity index is 417. The van der Waals surface area contributed by atoms with Crippen molar-refractivity contribution < 1.29 is 19.4 Å². The Hall–Kier alpha value is -2.04. The summed E-state index contributed by atoms with van der Waals surface area (Å²) in [4.78, 5) is 21.2. The number of methoxy groups -OCH3 is 1. The monoisotopic (exact) mass is 237 g/mol. The molecule has 5 nitrogen and oxygen atoms in total. The first-order valence-corrected chi connectivity index (χ1v) is 5.14. The van der Waals surface area contributed by atoms with Gasteiger partial charge in [-0.3, -0.25) is 4.79 Å². The van der Waals surface area contributed by atoms with Gasteiger partial charge in [0.2, 0.25) is 6.41 Å². The van der Waals surface area contributed by atoms with E-state index in [4.69, 9.17) is 9.84 Å². The molecule has 1 aromatic rings. The summed E-state index contributed by atoms with van der Waals surface area (Å²) in [6.07, 6.45) is 0.583. The summed E-state index contributed by atoms with van der Waals surface area (Å²) < 4.78 is 5.15. The number of hydrogen-bond acceptors (Lipinski definition) is 3. The molecule has 0 aliphatic carbocycles. The van der Waals surface area contributed by atoms with Crippen LogP contribution < -0.4 is 10.1 Å². The van der Waals surface area contributed by atoms with Crippen LogP contribution >= 0.6 is 0 Å². The molecule has 0 aliphatic rings. The number of aryl methyl sites for hydroxylation is 1. The highest BCUT2D eigenvalue weighted by Crippen LogP contribution is 2.21. The van der Waals surface area contributed by atoms with Crippen LogP contribution in [0.2, 0.25) is 0 Å². The number of nitrogens with one attached hydrogen (secondary N) is 1. The van der Waals surface area contributed by atoms with Crippen molar-refractivity contribution in [2.45, 2.75) is 19.4 Å². The number of benzene rings is 1. The van der Waals surface area contributed by atoms with E-state index in [1.54, 1.807) is 6.07 Å². The lowest BCUT2D eigenvalue weighted by atomic mass is 10.0. The summed E-state index contributed by atoms with van der Waals surface area (Å²) in [7, 11) is 1.52. The lowest BCUT2D eigenvalue weighted by Gasteiger charge is -2.14. The zero-order chi connectivity index (χ0) is 12.8. The molecule has 1 rings (SSSR count). The van der Waals surface area contributed by atoms with Crippen molar-refractivity contribution in [3.8, 4) is 5.75 Å². The topological polar surface area (TPSA) is 75.6 Å². The van der Waals surface area contributed by atoms with E-state index in [1.807, 2.05) is 19.1 Å². The van der Waals surface area contributed by atoms with Crippen LogP contribution in [0.4, 0.5) is 0 Å². The van der Waals surface area contributed by atoms with Gasteiger partial charge in [0.25, 0.3) is 0 Å². The number of carboxylic acid groups (broad SMARTS) is 1. The smallest absolute Gasteiger partial charge is 0.326 e. The number of carboxylic acids is 1. The predicted octanol–water partition coefficient (Wildman–Crippen LogP) is 0.745. The fourth-order valence-electron chi connectivity index (χ4n) is 1.59. The quantitative estimate of drug-likeness (QED) is 0.716. The molecule has 1 atom stereocenters. The minimum absolute atomic E-state index is 0.193. The second-order valence-electron chi connectivity index (χ2n) is 3.69. The van der Waals surface area contributed by atoms with Gasteiger partial charge in [0.15, 0.2) is 0 Å². The average molecular weight is 237 g/mol. The summed E-state index contributed by atoms with van der Waals surface area (Å²) in [6, 6.07) is 4.57. The van der Waals surface area contributed by atoms with Crippen LogP contribution in [-0.2, 0) is 16.0 Å². The van der Waals surface area contributed by atoms with E-state index in [1.165, 1.54) is 7.11 Å². The van der Waals surface area contributed by atoms with Crippen molar-refractivity contribution in [1.82, 2.24) is 5.32 Å². The third-order valence-electron chi connectivity index (χ3n) is 2.43. The van der Waals surface area contributed by atoms with Gasteiger partial charge in [0.05, 0.1) is 7.11 Å². The Kier molecular flexibility index (Phi) is 4.51. The van der Waals surface area contributed by atoms with Gasteiger partial charge < -0.3 is 15.2 Å². The zero-order valence-corrected chi connectivity index (χ0v) is 9.77. The lowest BCUT2D eigenvalue weighted by Crippen LogP contribution is -2.37. The Morgan fingerprint density at radius 2 is 2.29 bits per heavy atom. The second kappa shape index (κ2) is 5.89. The molecule has 2 N–H and O–H groups in total. The van der Waals surface area contributed by atoms with Gasteiger partial charge in [-0.2, -0.15) is 0 Å². The number of ether oxygens (including phenoxy) is 1. The highest BCUT2D eigenvalue weighted by molar-refractivity contribution is 5.76. The van der Waals surface area contributed by atoms with E-state index in [0.717, 1.165) is 11.1 Å². The summed E-state index contributed by atoms with van der Waals surface area (Å²) in [6.45, 7) is 1.91. The molecule has 1 aromatic carbocycles. The molecule has 0 aliphatic heterocycles. The largest absolute Gasteiger partial charge is 0.496 e. The van der Waals surface area contributed by atoms with Gasteiger partial charge >= 0.3 is 5.97 Å². The normalized spacial score (nSPS) is 11.6. The SMILES string of the molecule is COc1ccc(C)cc1CC(NC=O)C(=O)O. The molecule has 0 spiro atoms. The van der Waals surface area contributed by atoms with Crippen LogP contribution in [-0.4, -0.2) is 30.6 Å². The third-order valence-corrected chi connectivity index (χ3v) is 2.43. The van der Waals surface area contributed by atoms with Gasteiger partial charge in [-0.05, 0) is 18.6 Å². The number of carbonyl (C=O) groups excluding carboxylic acids is 1. The Morgan fingerprint density at radius 1 is 1.59 bits per heavy atom. The van der Waals surface area contributed by atoms with E-state index >= 15 is 0 Å². The van der Waals surface area contributed by atoms with Crippen molar-refractivity contribution in [2.24, 2.45) is 0 Å². The molecule has 1 amide bonds. The summed E-state index contributed by atoms with van der Waals surface area (Å²) in [5, 5.41) is 11.2. The van der Waals surface area contributed by atoms with Gasteiger partial charge in [0, 0.05) is 6.42 Å². The fraction of sp³-hybridized carbons (Fsp3) is 0.333. The van der Waals surface area contributed by atoms with Gasteiger partial charge in [-0.1, -0.05) is 17.7 Å². The average Bonchev–Trinajstić information content (AvgIpc) is 2.28. The highest BCUT2D eigenvalue weighted by atomic mass is 16.5. The lowest BCUT2D eigenvalue weighted by molar-refractivity contribution is -0.140. The van der Waals surface area contributed by atoms with Crippen LogP contribution in [0.3, 0.4) is 0 Å². The molecule has 0 saturated carbocycles. The standard InChI is InChI=1S/C12H15NO4/c1-8-3-4-11(17-2)9(5-8)6-10(12(15)16)13-7-14/h3-5,7,10H,6H2,1-2H3,(H,13,14)(H,15,16). The minimum atomic E-state index is -1.07. The molecule has 0 saturated heterocycles. The van der Waals surface area contributed by atoms with Crippen molar-refractivity contribution in [1.29, 1.82) is 0 Å². The second-order valence-corrected chi connectivity index (χ2v) is 3.69. The van der Waals surface area contributed by atoms with E-state index in [2.05, 4.69) is 5.32 Å². The van der Waals surface area contributed by atoms with Crippen LogP contribution in [0.15, 0.2) is 18.2 Å². The first-order valence-electron chi connectivity index (χ1n) is 5.14. The first-order chi connectivity index (χ1) is 8.08. The molecule has 5 heteroatoms. The maximum atomic E-state index is 10.9. The Labute approximate surface area is 99.4 Å². The molecule has 1 unspecified atom stereocenters. The molecule has 0 aromatic heterocycles. The Morgan fingerprint density at radius 3 is 2.82 bits per heavy atom. The predicted molar refractivity (Wildman–Crippen MR) is 62.1 cm³/mol. The number of amides is 1. The number of rotatable bonds is 6. The molecule has 92 valence electrons. The fourth-order valence-corrected chi connectivity index (χ4v) is 1.59. The van der Waals surface area contributed by atoms with Gasteiger partial charge in [-0.15, -0.1) is 0 Å². The van der Waals surface area contributed by atoms with E-state index in [-0.39, 0.29) is 6.42 Å². The highest BCUT2D eigenvalue weighted by Gasteiger charge is 2.18. The molecule has 0 bridgehead atoms. The number of carbonyl (C=O) groups is 2. The number of aliphatic carboxylic acids is 1. The van der Waals surface area contributed by atoms with Crippen molar-refractivity contribution >= 4 is 12.4 Å². The molecule has 0 fully saturated rings. The summed E-state index contributed by atoms with van der Waals surface area (Å²) >= 11 is 0. The Balaban J connectivity index is 2.94. The van der Waals surface area contributed by atoms with Crippen molar-refractivity contribution in [3.05, 3.63) is 29.3 Å². The van der Waals surface area contributed by atoms with E-state index < -0.39 is 12.0 Å². The first kappa shape index (κ1) is 13.0. The maximum absolute atomic E-state index is 10.9. The zero-order valence-electron chi connectivity index (χ0n) is 9.77. The van der Waals surface area contributed by atoms with Crippen molar-refractivity contribution in [3.63, 3.8) is 0 Å². The van der Waals surface area contributed by atoms with Crippen molar-refractivity contribution in [2.75, 3.05) is 7.11 Å².